The van der Waals surface area contributed by atoms with Crippen LogP contribution in [0.15, 0.2) is 36.4 Å². The second kappa shape index (κ2) is 7.78. The second-order valence-electron chi connectivity index (χ2n) is 6.21. The zero-order chi connectivity index (χ0) is 20.4. The molecule has 150 valence electrons. The molecule has 2 aromatic heterocycles. The van der Waals surface area contributed by atoms with E-state index in [1.54, 1.807) is 31.2 Å². The van der Waals surface area contributed by atoms with Crippen LogP contribution in [0.5, 0.6) is 5.88 Å². The molecule has 11 heteroatoms. The quantitative estimate of drug-likeness (QED) is 0.626. The first kappa shape index (κ1) is 18.7. The molecule has 0 atom stereocenters. The molecule has 1 amide bonds. The first-order valence-corrected chi connectivity index (χ1v) is 8.73. The Kier molecular flexibility index (Phi) is 5.02. The molecule has 0 radical (unpaired) electrons. The Morgan fingerprint density at radius 3 is 2.55 bits per heavy atom. The maximum Gasteiger partial charge on any atom is 0.415 e. The molecule has 0 aliphatic carbocycles. The standard InChI is InChI=1S/C18H16F2N6O3/c1-11-14(26(24-21-11)13-4-2-12(3-5-13)17(19)20)10-29-16-7-6-15(22-23-16)25-8-9-28-18(25)27/h2-7,17H,8-10H2,1H3. The van der Waals surface area contributed by atoms with Gasteiger partial charge in [0.15, 0.2) is 5.82 Å². The maximum absolute atomic E-state index is 12.7. The number of nitrogens with zero attached hydrogens (tertiary/aromatic N) is 6. The van der Waals surface area contributed by atoms with E-state index in [0.717, 1.165) is 0 Å². The van der Waals surface area contributed by atoms with Crippen LogP contribution in [0.1, 0.15) is 23.4 Å². The molecular formula is C18H16F2N6O3. The van der Waals surface area contributed by atoms with Gasteiger partial charge >= 0.3 is 6.09 Å². The molecule has 4 rings (SSSR count). The molecule has 1 aromatic carbocycles. The van der Waals surface area contributed by atoms with Crippen LogP contribution in [-0.4, -0.2) is 44.4 Å². The van der Waals surface area contributed by atoms with E-state index in [4.69, 9.17) is 9.47 Å². The maximum atomic E-state index is 12.7. The number of carbonyl (C=O) groups excluding carboxylic acids is 1. The van der Waals surface area contributed by atoms with E-state index in [0.29, 0.717) is 36.0 Å². The van der Waals surface area contributed by atoms with Gasteiger partial charge in [0, 0.05) is 11.6 Å². The van der Waals surface area contributed by atoms with Gasteiger partial charge in [-0.2, -0.15) is 0 Å². The Bertz CT molecular complexity index is 1010. The van der Waals surface area contributed by atoms with E-state index in [1.165, 1.54) is 21.7 Å². The normalized spacial score (nSPS) is 13.8. The van der Waals surface area contributed by atoms with Crippen LogP contribution in [0.25, 0.3) is 5.69 Å². The second-order valence-corrected chi connectivity index (χ2v) is 6.21. The third-order valence-corrected chi connectivity index (χ3v) is 4.37. The Hall–Kier alpha value is -3.63. The Balaban J connectivity index is 1.47. The number of halogens is 2. The molecule has 1 fully saturated rings. The van der Waals surface area contributed by atoms with E-state index in [2.05, 4.69) is 20.5 Å². The third kappa shape index (κ3) is 3.84. The highest BCUT2D eigenvalue weighted by Gasteiger charge is 2.25. The predicted octanol–water partition coefficient (Wildman–Crippen LogP) is 2.84. The van der Waals surface area contributed by atoms with Gasteiger partial charge in [-0.25, -0.2) is 18.3 Å². The van der Waals surface area contributed by atoms with Crippen LogP contribution in [0.3, 0.4) is 0 Å². The largest absolute Gasteiger partial charge is 0.470 e. The molecule has 1 aliphatic rings. The van der Waals surface area contributed by atoms with Crippen molar-refractivity contribution >= 4 is 11.9 Å². The smallest absolute Gasteiger partial charge is 0.415 e. The lowest BCUT2D eigenvalue weighted by molar-refractivity contribution is 0.151. The third-order valence-electron chi connectivity index (χ3n) is 4.37. The monoisotopic (exact) mass is 402 g/mol. The van der Waals surface area contributed by atoms with Crippen molar-refractivity contribution in [1.29, 1.82) is 0 Å². The molecule has 9 nitrogen and oxygen atoms in total. The SMILES string of the molecule is Cc1nnn(-c2ccc(C(F)F)cc2)c1COc1ccc(N2CCOC2=O)nn1. The Morgan fingerprint density at radius 1 is 1.14 bits per heavy atom. The number of rotatable bonds is 6. The van der Waals surface area contributed by atoms with Crippen molar-refractivity contribution in [2.45, 2.75) is 20.0 Å². The summed E-state index contributed by atoms with van der Waals surface area (Å²) in [5.74, 6) is 0.628. The Labute approximate surface area is 163 Å². The molecule has 29 heavy (non-hydrogen) atoms. The highest BCUT2D eigenvalue weighted by molar-refractivity contribution is 5.87. The Morgan fingerprint density at radius 2 is 1.93 bits per heavy atom. The van der Waals surface area contributed by atoms with Crippen LogP contribution < -0.4 is 9.64 Å². The average molecular weight is 402 g/mol. The lowest BCUT2D eigenvalue weighted by atomic mass is 10.2. The number of aromatic nitrogens is 5. The lowest BCUT2D eigenvalue weighted by Crippen LogP contribution is -2.24. The highest BCUT2D eigenvalue weighted by atomic mass is 19.3. The van der Waals surface area contributed by atoms with Crippen molar-refractivity contribution in [2.24, 2.45) is 0 Å². The van der Waals surface area contributed by atoms with Gasteiger partial charge in [0.1, 0.15) is 18.9 Å². The predicted molar refractivity (Wildman–Crippen MR) is 96.1 cm³/mol. The van der Waals surface area contributed by atoms with Gasteiger partial charge in [-0.05, 0) is 25.1 Å². The van der Waals surface area contributed by atoms with Gasteiger partial charge in [0.25, 0.3) is 6.43 Å². The van der Waals surface area contributed by atoms with Crippen molar-refractivity contribution < 1.29 is 23.0 Å². The number of anilines is 1. The number of carbonyl (C=O) groups is 1. The van der Waals surface area contributed by atoms with Gasteiger partial charge in [-0.3, -0.25) is 4.90 Å². The number of aryl methyl sites for hydroxylation is 1. The molecule has 3 heterocycles. The fourth-order valence-electron chi connectivity index (χ4n) is 2.79. The van der Waals surface area contributed by atoms with Crippen molar-refractivity contribution in [3.63, 3.8) is 0 Å². The molecule has 3 aromatic rings. The number of amides is 1. The van der Waals surface area contributed by atoms with Crippen molar-refractivity contribution in [1.82, 2.24) is 25.2 Å². The molecule has 1 aliphatic heterocycles. The summed E-state index contributed by atoms with van der Waals surface area (Å²) < 4.78 is 37.5. The van der Waals surface area contributed by atoms with Gasteiger partial charge in [0.2, 0.25) is 5.88 Å². The van der Waals surface area contributed by atoms with Gasteiger partial charge in [-0.15, -0.1) is 15.3 Å². The first-order chi connectivity index (χ1) is 14.0. The summed E-state index contributed by atoms with van der Waals surface area (Å²) >= 11 is 0. The van der Waals surface area contributed by atoms with Crippen LogP contribution in [0, 0.1) is 6.92 Å². The van der Waals surface area contributed by atoms with Gasteiger partial charge < -0.3 is 9.47 Å². The lowest BCUT2D eigenvalue weighted by Gasteiger charge is -2.12. The number of alkyl halides is 2. The molecule has 0 N–H and O–H groups in total. The first-order valence-electron chi connectivity index (χ1n) is 8.73. The van der Waals surface area contributed by atoms with E-state index in [9.17, 15) is 13.6 Å². The summed E-state index contributed by atoms with van der Waals surface area (Å²) in [4.78, 5) is 12.9. The topological polar surface area (TPSA) is 95.3 Å². The summed E-state index contributed by atoms with van der Waals surface area (Å²) in [5.41, 5.74) is 1.79. The fourth-order valence-corrected chi connectivity index (χ4v) is 2.79. The van der Waals surface area contributed by atoms with E-state index in [-0.39, 0.29) is 18.1 Å². The minimum Gasteiger partial charge on any atom is -0.470 e. The van der Waals surface area contributed by atoms with Crippen LogP contribution in [0.2, 0.25) is 0 Å². The average Bonchev–Trinajstić information content (AvgIpc) is 3.32. The summed E-state index contributed by atoms with van der Waals surface area (Å²) in [5, 5.41) is 16.0. The van der Waals surface area contributed by atoms with Crippen LogP contribution in [0.4, 0.5) is 19.4 Å². The fraction of sp³-hybridized carbons (Fsp3) is 0.278. The molecule has 0 unspecified atom stereocenters. The molecule has 0 saturated carbocycles. The van der Waals surface area contributed by atoms with Crippen LogP contribution in [-0.2, 0) is 11.3 Å². The summed E-state index contributed by atoms with van der Waals surface area (Å²) in [7, 11) is 0. The number of hydrogen-bond donors (Lipinski definition) is 0. The summed E-state index contributed by atoms with van der Waals surface area (Å²) in [6.45, 7) is 2.59. The summed E-state index contributed by atoms with van der Waals surface area (Å²) in [6.07, 6.45) is -3.00. The molecule has 0 spiro atoms. The number of cyclic esters (lactones) is 1. The van der Waals surface area contributed by atoms with Crippen molar-refractivity contribution in [3.8, 4) is 11.6 Å². The minimum atomic E-state index is -2.53. The van der Waals surface area contributed by atoms with E-state index in [1.807, 2.05) is 0 Å². The number of hydrogen-bond acceptors (Lipinski definition) is 7. The highest BCUT2D eigenvalue weighted by Crippen LogP contribution is 2.22. The molecule has 1 saturated heterocycles. The van der Waals surface area contributed by atoms with E-state index < -0.39 is 12.5 Å². The molecule has 0 bridgehead atoms. The van der Waals surface area contributed by atoms with Crippen LogP contribution >= 0.6 is 0 Å². The zero-order valence-electron chi connectivity index (χ0n) is 15.3. The van der Waals surface area contributed by atoms with Gasteiger partial charge in [0.05, 0.1) is 17.9 Å². The van der Waals surface area contributed by atoms with Crippen molar-refractivity contribution in [3.05, 3.63) is 53.3 Å². The molecular weight excluding hydrogens is 386 g/mol. The summed E-state index contributed by atoms with van der Waals surface area (Å²) in [6, 6.07) is 8.98. The zero-order valence-corrected chi connectivity index (χ0v) is 15.3. The van der Waals surface area contributed by atoms with E-state index >= 15 is 0 Å². The number of benzene rings is 1. The van der Waals surface area contributed by atoms with Gasteiger partial charge in [-0.1, -0.05) is 17.3 Å². The number of ether oxygens (including phenoxy) is 2. The van der Waals surface area contributed by atoms with Crippen molar-refractivity contribution in [2.75, 3.05) is 18.1 Å². The minimum absolute atomic E-state index is 0.0689.